The molecule has 0 bridgehead atoms. The Balaban J connectivity index is 0.000000291. The molecule has 1 aromatic rings. The molecule has 0 unspecified atom stereocenters. The Kier molecular flexibility index (Phi) is 3.67. The Morgan fingerprint density at radius 2 is 2.00 bits per heavy atom. The topological polar surface area (TPSA) is 30.7 Å². The summed E-state index contributed by atoms with van der Waals surface area (Å²) in [5.41, 5.74) is 0. The smallest absolute Gasteiger partial charge is 0.129 e. The van der Waals surface area contributed by atoms with E-state index in [0.717, 1.165) is 5.82 Å². The van der Waals surface area contributed by atoms with Gasteiger partial charge in [-0.3, -0.25) is 0 Å². The summed E-state index contributed by atoms with van der Waals surface area (Å²) >= 11 is 0. The summed E-state index contributed by atoms with van der Waals surface area (Å²) in [4.78, 5) is 0. The third kappa shape index (κ3) is 2.26. The zero-order valence-electron chi connectivity index (χ0n) is 6.42. The van der Waals surface area contributed by atoms with Crippen molar-refractivity contribution < 1.29 is 0 Å². The Bertz CT molecular complexity index is 141. The lowest BCUT2D eigenvalue weighted by molar-refractivity contribution is 0.858. The van der Waals surface area contributed by atoms with Crippen molar-refractivity contribution in [1.82, 2.24) is 14.8 Å². The minimum Gasteiger partial charge on any atom is -0.321 e. The van der Waals surface area contributed by atoms with Gasteiger partial charge < -0.3 is 4.57 Å². The summed E-state index contributed by atoms with van der Waals surface area (Å²) in [5.74, 6) is 0.944. The molecule has 0 spiro atoms. The predicted octanol–water partition coefficient (Wildman–Crippen LogP) is 1.15. The number of hydrogen-bond donors (Lipinski definition) is 0. The van der Waals surface area contributed by atoms with Crippen molar-refractivity contribution in [1.29, 1.82) is 0 Å². The molecule has 0 aliphatic heterocycles. The quantitative estimate of drug-likeness (QED) is 0.523. The number of rotatable bonds is 0. The van der Waals surface area contributed by atoms with Crippen molar-refractivity contribution in [3.8, 4) is 0 Å². The minimum absolute atomic E-state index is 0.944. The lowest BCUT2D eigenvalue weighted by atomic mass is 10.7. The molecular weight excluding hydrogens is 114 g/mol. The predicted molar refractivity (Wildman–Crippen MR) is 37.1 cm³/mol. The summed E-state index contributed by atoms with van der Waals surface area (Å²) in [6, 6.07) is 0. The van der Waals surface area contributed by atoms with Gasteiger partial charge in [0, 0.05) is 7.05 Å². The van der Waals surface area contributed by atoms with Crippen molar-refractivity contribution in [2.45, 2.75) is 20.8 Å². The van der Waals surface area contributed by atoms with Gasteiger partial charge in [-0.25, -0.2) is 0 Å². The number of hydrogen-bond acceptors (Lipinski definition) is 2. The first-order valence-corrected chi connectivity index (χ1v) is 3.11. The highest BCUT2D eigenvalue weighted by Crippen LogP contribution is 1.82. The van der Waals surface area contributed by atoms with Crippen LogP contribution in [0.3, 0.4) is 0 Å². The molecule has 3 heteroatoms. The van der Waals surface area contributed by atoms with Crippen LogP contribution in [0.5, 0.6) is 0 Å². The van der Waals surface area contributed by atoms with E-state index in [-0.39, 0.29) is 0 Å². The molecule has 0 aliphatic carbocycles. The highest BCUT2D eigenvalue weighted by molar-refractivity contribution is 4.76. The Morgan fingerprint density at radius 1 is 1.44 bits per heavy atom. The summed E-state index contributed by atoms with van der Waals surface area (Å²) in [7, 11) is 1.91. The zero-order valence-corrected chi connectivity index (χ0v) is 6.42. The maximum Gasteiger partial charge on any atom is 0.129 e. The van der Waals surface area contributed by atoms with Crippen molar-refractivity contribution >= 4 is 0 Å². The molecule has 0 atom stereocenters. The van der Waals surface area contributed by atoms with Crippen LogP contribution < -0.4 is 0 Å². The van der Waals surface area contributed by atoms with Crippen LogP contribution >= 0.6 is 0 Å². The van der Waals surface area contributed by atoms with Gasteiger partial charge in [-0.2, -0.15) is 0 Å². The van der Waals surface area contributed by atoms with Gasteiger partial charge in [-0.1, -0.05) is 13.8 Å². The second-order valence-electron chi connectivity index (χ2n) is 1.49. The third-order valence-corrected chi connectivity index (χ3v) is 0.938. The lowest BCUT2D eigenvalue weighted by Crippen LogP contribution is -1.86. The molecular formula is C6H13N3. The van der Waals surface area contributed by atoms with Gasteiger partial charge >= 0.3 is 0 Å². The Labute approximate surface area is 55.7 Å². The molecule has 0 radical (unpaired) electrons. The monoisotopic (exact) mass is 127 g/mol. The van der Waals surface area contributed by atoms with Crippen molar-refractivity contribution in [3.63, 3.8) is 0 Å². The van der Waals surface area contributed by atoms with Gasteiger partial charge in [0.2, 0.25) is 0 Å². The van der Waals surface area contributed by atoms with E-state index in [4.69, 9.17) is 0 Å². The fraction of sp³-hybridized carbons (Fsp3) is 0.667. The largest absolute Gasteiger partial charge is 0.321 e. The van der Waals surface area contributed by atoms with Gasteiger partial charge in [0.05, 0.1) is 0 Å². The first kappa shape index (κ1) is 8.14. The second-order valence-corrected chi connectivity index (χ2v) is 1.49. The number of nitrogens with zero attached hydrogens (tertiary/aromatic N) is 3. The van der Waals surface area contributed by atoms with Gasteiger partial charge in [-0.15, -0.1) is 10.2 Å². The van der Waals surface area contributed by atoms with Crippen molar-refractivity contribution in [2.75, 3.05) is 0 Å². The molecule has 1 heterocycles. The molecule has 1 rings (SSSR count). The fourth-order valence-electron chi connectivity index (χ4n) is 0.341. The highest BCUT2D eigenvalue weighted by Gasteiger charge is 1.85. The molecule has 3 nitrogen and oxygen atoms in total. The second kappa shape index (κ2) is 4.06. The van der Waals surface area contributed by atoms with Crippen LogP contribution in [0, 0.1) is 6.92 Å². The third-order valence-electron chi connectivity index (χ3n) is 0.938. The van der Waals surface area contributed by atoms with Crippen molar-refractivity contribution in [2.24, 2.45) is 7.05 Å². The molecule has 0 saturated carbocycles. The van der Waals surface area contributed by atoms with Crippen LogP contribution in [0.4, 0.5) is 0 Å². The average molecular weight is 127 g/mol. The number of aromatic nitrogens is 3. The van der Waals surface area contributed by atoms with Gasteiger partial charge in [0.25, 0.3) is 0 Å². The van der Waals surface area contributed by atoms with Crippen molar-refractivity contribution in [3.05, 3.63) is 12.2 Å². The maximum absolute atomic E-state index is 3.73. The minimum atomic E-state index is 0.944. The van der Waals surface area contributed by atoms with Crippen LogP contribution in [0.1, 0.15) is 19.7 Å². The van der Waals surface area contributed by atoms with E-state index in [1.807, 2.05) is 32.4 Å². The van der Waals surface area contributed by atoms with E-state index < -0.39 is 0 Å². The average Bonchev–Trinajstić information content (AvgIpc) is 2.23. The molecule has 1 aromatic heterocycles. The molecule has 52 valence electrons. The summed E-state index contributed by atoms with van der Waals surface area (Å²) in [5, 5.41) is 7.36. The Hall–Kier alpha value is -0.860. The molecule has 0 aliphatic rings. The lowest BCUT2D eigenvalue weighted by Gasteiger charge is -1.84. The molecule has 0 aromatic carbocycles. The van der Waals surface area contributed by atoms with Crippen LogP contribution in [0.15, 0.2) is 6.33 Å². The van der Waals surface area contributed by atoms with E-state index in [1.165, 1.54) is 0 Å². The van der Waals surface area contributed by atoms with Crippen LogP contribution in [0.2, 0.25) is 0 Å². The Morgan fingerprint density at radius 3 is 2.11 bits per heavy atom. The van der Waals surface area contributed by atoms with E-state index in [0.29, 0.717) is 0 Å². The molecule has 9 heavy (non-hydrogen) atoms. The number of aryl methyl sites for hydroxylation is 2. The van der Waals surface area contributed by atoms with Crippen LogP contribution in [-0.4, -0.2) is 14.8 Å². The molecule has 0 saturated heterocycles. The standard InChI is InChI=1S/C4H7N3.C2H6/c1-4-6-5-3-7(4)2;1-2/h3H,1-2H3;1-2H3. The normalized spacial score (nSPS) is 8.00. The van der Waals surface area contributed by atoms with Gasteiger partial charge in [0.15, 0.2) is 0 Å². The van der Waals surface area contributed by atoms with E-state index in [2.05, 4.69) is 10.2 Å². The zero-order chi connectivity index (χ0) is 7.28. The summed E-state index contributed by atoms with van der Waals surface area (Å²) < 4.78 is 1.86. The summed E-state index contributed by atoms with van der Waals surface area (Å²) in [6.07, 6.45) is 1.68. The first-order chi connectivity index (χ1) is 4.30. The maximum atomic E-state index is 3.73. The molecule has 0 N–H and O–H groups in total. The first-order valence-electron chi connectivity index (χ1n) is 3.11. The van der Waals surface area contributed by atoms with E-state index in [9.17, 15) is 0 Å². The van der Waals surface area contributed by atoms with Crippen LogP contribution in [-0.2, 0) is 7.05 Å². The van der Waals surface area contributed by atoms with Gasteiger partial charge in [0.1, 0.15) is 12.2 Å². The fourth-order valence-corrected chi connectivity index (χ4v) is 0.341. The summed E-state index contributed by atoms with van der Waals surface area (Å²) in [6.45, 7) is 5.91. The van der Waals surface area contributed by atoms with Gasteiger partial charge in [-0.05, 0) is 6.92 Å². The van der Waals surface area contributed by atoms with Crippen LogP contribution in [0.25, 0.3) is 0 Å². The van der Waals surface area contributed by atoms with E-state index >= 15 is 0 Å². The molecule has 0 fully saturated rings. The SMILES string of the molecule is CC.Cc1nncn1C. The highest BCUT2D eigenvalue weighted by atomic mass is 15.2. The molecule has 0 amide bonds. The van der Waals surface area contributed by atoms with E-state index in [1.54, 1.807) is 6.33 Å².